The highest BCUT2D eigenvalue weighted by Gasteiger charge is 2.04. The van der Waals surface area contributed by atoms with Gasteiger partial charge < -0.3 is 5.48 Å². The molecule has 0 aromatic rings. The molecule has 0 aliphatic heterocycles. The Morgan fingerprint density at radius 1 is 0.778 bits per heavy atom. The Hall–Kier alpha value is -1.08. The van der Waals surface area contributed by atoms with Gasteiger partial charge >= 0.3 is 0 Å². The van der Waals surface area contributed by atoms with Gasteiger partial charge in [0.2, 0.25) is 0 Å². The quantitative estimate of drug-likeness (QED) is 0.459. The van der Waals surface area contributed by atoms with Crippen molar-refractivity contribution in [3.05, 3.63) is 47.6 Å². The summed E-state index contributed by atoms with van der Waals surface area (Å²) in [6, 6.07) is 0. The van der Waals surface area contributed by atoms with Gasteiger partial charge in [-0.2, -0.15) is 0 Å². The molecule has 9 heavy (non-hydrogen) atoms. The van der Waals surface area contributed by atoms with Gasteiger partial charge in [0.25, 0.3) is 0 Å². The van der Waals surface area contributed by atoms with Crippen molar-refractivity contribution < 1.29 is 5.48 Å². The zero-order valence-corrected chi connectivity index (χ0v) is 4.96. The summed E-state index contributed by atoms with van der Waals surface area (Å²) in [5.74, 6) is 0. The zero-order chi connectivity index (χ0) is 5.40. The van der Waals surface area contributed by atoms with Gasteiger partial charge in [-0.1, -0.05) is 36.5 Å². The van der Waals surface area contributed by atoms with Crippen LogP contribution in [0.1, 0.15) is 0 Å². The maximum absolute atomic E-state index is 2.12. The van der Waals surface area contributed by atoms with E-state index < -0.39 is 0 Å². The molecule has 0 radical (unpaired) electrons. The van der Waals surface area contributed by atoms with Crippen molar-refractivity contribution in [1.29, 1.82) is 0 Å². The monoisotopic (exact) mass is 120 g/mol. The lowest BCUT2D eigenvalue weighted by Gasteiger charge is -1.85. The molecule has 0 spiro atoms. The van der Waals surface area contributed by atoms with Crippen LogP contribution >= 0.6 is 0 Å². The lowest BCUT2D eigenvalue weighted by molar-refractivity contribution is 0.824. The summed E-state index contributed by atoms with van der Waals surface area (Å²) in [5.41, 5.74) is 2.70. The molecule has 1 nitrogen and oxygen atoms in total. The van der Waals surface area contributed by atoms with E-state index in [-0.39, 0.29) is 5.48 Å². The van der Waals surface area contributed by atoms with Crippen LogP contribution in [0.25, 0.3) is 0 Å². The highest BCUT2D eigenvalue weighted by molar-refractivity contribution is 5.59. The van der Waals surface area contributed by atoms with Gasteiger partial charge in [0.1, 0.15) is 0 Å². The molecule has 0 unspecified atom stereocenters. The molecule has 46 valence electrons. The molecular formula is C8H8O. The Kier molecular flexibility index (Phi) is 1.37. The van der Waals surface area contributed by atoms with E-state index in [0.29, 0.717) is 0 Å². The fourth-order valence-electron chi connectivity index (χ4n) is 1.01. The summed E-state index contributed by atoms with van der Waals surface area (Å²) < 4.78 is 0. The number of hydrogen-bond acceptors (Lipinski definition) is 0. The largest absolute Gasteiger partial charge is 0.412 e. The highest BCUT2D eigenvalue weighted by atomic mass is 16.0. The van der Waals surface area contributed by atoms with E-state index >= 15 is 0 Å². The minimum absolute atomic E-state index is 0. The third-order valence-corrected chi connectivity index (χ3v) is 1.44. The third kappa shape index (κ3) is 0.752. The number of rotatable bonds is 0. The Bertz CT molecular complexity index is 203. The molecule has 0 saturated carbocycles. The summed E-state index contributed by atoms with van der Waals surface area (Å²) in [7, 11) is 0. The smallest absolute Gasteiger partial charge is 0.0184 e. The van der Waals surface area contributed by atoms with Gasteiger partial charge in [-0.15, -0.1) is 0 Å². The number of allylic oxidation sites excluding steroid dienone is 8. The molecule has 0 saturated heterocycles. The third-order valence-electron chi connectivity index (χ3n) is 1.44. The molecule has 0 aromatic heterocycles. The Balaban J connectivity index is 0.000000405. The van der Waals surface area contributed by atoms with Gasteiger partial charge in [0, 0.05) is 0 Å². The van der Waals surface area contributed by atoms with Gasteiger partial charge in [0.05, 0.1) is 0 Å². The normalized spacial score (nSPS) is 18.7. The van der Waals surface area contributed by atoms with Crippen LogP contribution in [0.3, 0.4) is 0 Å². The minimum Gasteiger partial charge on any atom is -0.412 e. The first-order valence-corrected chi connectivity index (χ1v) is 2.74. The molecular weight excluding hydrogens is 112 g/mol. The summed E-state index contributed by atoms with van der Waals surface area (Å²) in [6.07, 6.45) is 12.6. The van der Waals surface area contributed by atoms with Gasteiger partial charge in [0.15, 0.2) is 0 Å². The van der Waals surface area contributed by atoms with E-state index in [2.05, 4.69) is 36.5 Å². The van der Waals surface area contributed by atoms with E-state index in [9.17, 15) is 0 Å². The Labute approximate surface area is 54.0 Å². The predicted molar refractivity (Wildman–Crippen MR) is 38.1 cm³/mol. The highest BCUT2D eigenvalue weighted by Crippen LogP contribution is 2.23. The van der Waals surface area contributed by atoms with Crippen LogP contribution in [0.15, 0.2) is 47.6 Å². The molecule has 0 aromatic carbocycles. The molecule has 0 fully saturated rings. The molecule has 0 bridgehead atoms. The molecule has 2 rings (SSSR count). The summed E-state index contributed by atoms with van der Waals surface area (Å²) >= 11 is 0. The van der Waals surface area contributed by atoms with Crippen LogP contribution in [-0.2, 0) is 0 Å². The summed E-state index contributed by atoms with van der Waals surface area (Å²) in [6.45, 7) is 0. The summed E-state index contributed by atoms with van der Waals surface area (Å²) in [5, 5.41) is 0. The van der Waals surface area contributed by atoms with Crippen molar-refractivity contribution >= 4 is 0 Å². The van der Waals surface area contributed by atoms with E-state index in [1.54, 1.807) is 0 Å². The molecule has 0 heterocycles. The average molecular weight is 120 g/mol. The van der Waals surface area contributed by atoms with E-state index in [1.165, 1.54) is 11.1 Å². The molecule has 1 heteroatoms. The lowest BCUT2D eigenvalue weighted by Crippen LogP contribution is -1.67. The van der Waals surface area contributed by atoms with Gasteiger partial charge in [-0.3, -0.25) is 0 Å². The Morgan fingerprint density at radius 3 is 1.67 bits per heavy atom. The van der Waals surface area contributed by atoms with Crippen LogP contribution in [-0.4, -0.2) is 5.48 Å². The van der Waals surface area contributed by atoms with E-state index in [4.69, 9.17) is 0 Å². The predicted octanol–water partition coefficient (Wildman–Crippen LogP) is 1.15. The van der Waals surface area contributed by atoms with Crippen molar-refractivity contribution in [3.63, 3.8) is 0 Å². The minimum atomic E-state index is 0. The second-order valence-corrected chi connectivity index (χ2v) is 1.96. The van der Waals surface area contributed by atoms with Crippen LogP contribution in [0.4, 0.5) is 0 Å². The summed E-state index contributed by atoms with van der Waals surface area (Å²) in [4.78, 5) is 0. The van der Waals surface area contributed by atoms with Crippen LogP contribution in [0.2, 0.25) is 0 Å². The topological polar surface area (TPSA) is 31.5 Å². The maximum atomic E-state index is 2.12. The van der Waals surface area contributed by atoms with Gasteiger partial charge in [-0.25, -0.2) is 0 Å². The van der Waals surface area contributed by atoms with Crippen molar-refractivity contribution in [1.82, 2.24) is 0 Å². The molecule has 0 amide bonds. The zero-order valence-electron chi connectivity index (χ0n) is 4.96. The molecule has 0 atom stereocenters. The lowest BCUT2D eigenvalue weighted by atomic mass is 10.2. The van der Waals surface area contributed by atoms with Crippen LogP contribution in [0.5, 0.6) is 0 Å². The number of fused-ring (bicyclic) bond motifs is 1. The maximum Gasteiger partial charge on any atom is -0.0184 e. The standard InChI is InChI=1S/C8H6.H2O/c1-3-7-5-2-6-8(7)4-1;/h1-6H;1H2. The van der Waals surface area contributed by atoms with Gasteiger partial charge in [-0.05, 0) is 11.1 Å². The Morgan fingerprint density at radius 2 is 1.22 bits per heavy atom. The van der Waals surface area contributed by atoms with Crippen molar-refractivity contribution in [2.45, 2.75) is 0 Å². The SMILES string of the molecule is C1=CC2=CC=CC2=C1.O. The molecule has 2 aliphatic carbocycles. The fraction of sp³-hybridized carbons (Fsp3) is 0. The first-order chi connectivity index (χ1) is 3.97. The van der Waals surface area contributed by atoms with Crippen molar-refractivity contribution in [2.75, 3.05) is 0 Å². The second-order valence-electron chi connectivity index (χ2n) is 1.96. The van der Waals surface area contributed by atoms with Crippen LogP contribution < -0.4 is 0 Å². The van der Waals surface area contributed by atoms with Crippen molar-refractivity contribution in [3.8, 4) is 0 Å². The van der Waals surface area contributed by atoms with Crippen molar-refractivity contribution in [2.24, 2.45) is 0 Å². The molecule has 2 N–H and O–H groups in total. The molecule has 2 aliphatic rings. The van der Waals surface area contributed by atoms with Crippen LogP contribution in [0, 0.1) is 0 Å². The number of hydrogen-bond donors (Lipinski definition) is 0. The first kappa shape index (κ1) is 6.05. The average Bonchev–Trinajstić information content (AvgIpc) is 2.15. The fourth-order valence-corrected chi connectivity index (χ4v) is 1.01. The second kappa shape index (κ2) is 2.03. The van der Waals surface area contributed by atoms with E-state index in [0.717, 1.165) is 0 Å². The van der Waals surface area contributed by atoms with E-state index in [1.807, 2.05) is 0 Å². The first-order valence-electron chi connectivity index (χ1n) is 2.74.